The fourth-order valence-electron chi connectivity index (χ4n) is 0.506. The van der Waals surface area contributed by atoms with Gasteiger partial charge >= 0.3 is 0 Å². The van der Waals surface area contributed by atoms with Gasteiger partial charge in [0.15, 0.2) is 4.73 Å². The van der Waals surface area contributed by atoms with Crippen LogP contribution < -0.4 is 5.73 Å². The normalized spacial score (nSPS) is 9.64. The Bertz CT molecular complexity index is 304. The van der Waals surface area contributed by atoms with Crippen LogP contribution in [0.3, 0.4) is 0 Å². The predicted octanol–water partition coefficient (Wildman–Crippen LogP) is 0.991. The van der Waals surface area contributed by atoms with Gasteiger partial charge in [-0.15, -0.1) is 0 Å². The third kappa shape index (κ3) is 1.87. The lowest BCUT2D eigenvalue weighted by molar-refractivity contribution is 0.0999. The molecule has 2 N–H and O–H groups in total. The van der Waals surface area contributed by atoms with Crippen molar-refractivity contribution in [2.75, 3.05) is 0 Å². The number of aromatic nitrogens is 2. The summed E-state index contributed by atoms with van der Waals surface area (Å²) in [4.78, 5) is 17.9. The quantitative estimate of drug-likeness (QED) is 0.584. The van der Waals surface area contributed by atoms with Gasteiger partial charge in [-0.2, -0.15) is 0 Å². The van der Waals surface area contributed by atoms with E-state index < -0.39 is 5.91 Å². The summed E-state index contributed by atoms with van der Waals surface area (Å²) in [5.74, 6) is -0.637. The van der Waals surface area contributed by atoms with Crippen LogP contribution in [0.2, 0.25) is 5.15 Å². The Morgan fingerprint density at radius 3 is 2.82 bits per heavy atom. The summed E-state index contributed by atoms with van der Waals surface area (Å²) in [6.45, 7) is 0. The molecule has 0 aliphatic heterocycles. The molecule has 0 aliphatic rings. The van der Waals surface area contributed by atoms with Crippen molar-refractivity contribution < 1.29 is 4.79 Å². The minimum Gasteiger partial charge on any atom is -0.365 e. The fourth-order valence-corrected chi connectivity index (χ4v) is 1.11. The summed E-state index contributed by atoms with van der Waals surface area (Å²) in [6.07, 6.45) is 1.27. The number of rotatable bonds is 1. The van der Waals surface area contributed by atoms with Crippen molar-refractivity contribution in [1.29, 1.82) is 0 Å². The van der Waals surface area contributed by atoms with Crippen molar-refractivity contribution in [3.8, 4) is 0 Å². The first-order valence-electron chi connectivity index (χ1n) is 2.59. The van der Waals surface area contributed by atoms with E-state index in [2.05, 4.69) is 25.9 Å². The summed E-state index contributed by atoms with van der Waals surface area (Å²) in [7, 11) is 0. The summed E-state index contributed by atoms with van der Waals surface area (Å²) in [5.41, 5.74) is 5.07. The van der Waals surface area contributed by atoms with E-state index >= 15 is 0 Å². The molecule has 0 atom stereocenters. The highest BCUT2D eigenvalue weighted by molar-refractivity contribution is 9.10. The molecule has 0 radical (unpaired) electrons. The lowest BCUT2D eigenvalue weighted by Gasteiger charge is -1.96. The molecule has 1 amide bonds. The molecule has 11 heavy (non-hydrogen) atoms. The highest BCUT2D eigenvalue weighted by Gasteiger charge is 2.07. The molecule has 0 aliphatic carbocycles. The van der Waals surface area contributed by atoms with Gasteiger partial charge in [-0.3, -0.25) is 4.79 Å². The van der Waals surface area contributed by atoms with E-state index in [1.54, 1.807) is 0 Å². The Morgan fingerprint density at radius 2 is 2.36 bits per heavy atom. The van der Waals surface area contributed by atoms with Gasteiger partial charge in [0, 0.05) is 6.20 Å². The van der Waals surface area contributed by atoms with Gasteiger partial charge < -0.3 is 5.73 Å². The Labute approximate surface area is 75.9 Å². The van der Waals surface area contributed by atoms with Gasteiger partial charge in [0.25, 0.3) is 5.91 Å². The van der Waals surface area contributed by atoms with Crippen LogP contribution in [-0.2, 0) is 0 Å². The minimum absolute atomic E-state index is 0.0550. The zero-order valence-electron chi connectivity index (χ0n) is 5.21. The van der Waals surface area contributed by atoms with Crippen molar-refractivity contribution in [2.24, 2.45) is 5.73 Å². The molecule has 0 spiro atoms. The molecular weight excluding hydrogens is 233 g/mol. The van der Waals surface area contributed by atoms with Crippen LogP contribution in [-0.4, -0.2) is 15.9 Å². The van der Waals surface area contributed by atoms with Crippen molar-refractivity contribution in [3.63, 3.8) is 0 Å². The van der Waals surface area contributed by atoms with Gasteiger partial charge in [0.05, 0.1) is 5.56 Å². The molecule has 0 unspecified atom stereocenters. The molecule has 0 aromatic carbocycles. The number of carbonyl (C=O) groups is 1. The average Bonchev–Trinajstić information content (AvgIpc) is 1.85. The maximum Gasteiger partial charge on any atom is 0.253 e. The number of amides is 1. The van der Waals surface area contributed by atoms with Crippen molar-refractivity contribution in [3.05, 3.63) is 21.6 Å². The number of primary amides is 1. The fraction of sp³-hybridized carbons (Fsp3) is 0. The number of nitrogens with zero attached hydrogens (tertiary/aromatic N) is 2. The smallest absolute Gasteiger partial charge is 0.253 e. The first-order chi connectivity index (χ1) is 5.11. The molecule has 1 heterocycles. The zero-order valence-corrected chi connectivity index (χ0v) is 7.56. The lowest BCUT2D eigenvalue weighted by atomic mass is 10.3. The number of hydrogen-bond donors (Lipinski definition) is 1. The first-order valence-corrected chi connectivity index (χ1v) is 3.76. The van der Waals surface area contributed by atoms with Crippen LogP contribution in [0.1, 0.15) is 10.4 Å². The van der Waals surface area contributed by atoms with Crippen LogP contribution in [0.4, 0.5) is 0 Å². The second-order valence-electron chi connectivity index (χ2n) is 1.71. The molecular formula is C5H3BrClN3O. The summed E-state index contributed by atoms with van der Waals surface area (Å²) in [5, 5.41) is 0.0550. The van der Waals surface area contributed by atoms with Crippen LogP contribution in [0.5, 0.6) is 0 Å². The predicted molar refractivity (Wildman–Crippen MR) is 43.3 cm³/mol. The van der Waals surface area contributed by atoms with Gasteiger partial charge in [-0.1, -0.05) is 11.6 Å². The van der Waals surface area contributed by atoms with E-state index in [0.29, 0.717) is 4.73 Å². The molecule has 0 saturated heterocycles. The lowest BCUT2D eigenvalue weighted by Crippen LogP contribution is -2.12. The summed E-state index contributed by atoms with van der Waals surface area (Å²) >= 11 is 8.53. The third-order valence-corrected chi connectivity index (χ3v) is 1.65. The van der Waals surface area contributed by atoms with Crippen molar-refractivity contribution >= 4 is 33.4 Å². The van der Waals surface area contributed by atoms with Crippen LogP contribution in [0.25, 0.3) is 0 Å². The molecule has 0 fully saturated rings. The standard InChI is InChI=1S/C5H3BrClN3O/c6-5-9-1-2(4(8)11)3(7)10-5/h1H,(H2,8,11). The highest BCUT2D eigenvalue weighted by atomic mass is 79.9. The topological polar surface area (TPSA) is 68.9 Å². The number of carbonyl (C=O) groups excluding carboxylic acids is 1. The van der Waals surface area contributed by atoms with Crippen LogP contribution >= 0.6 is 27.5 Å². The maximum absolute atomic E-state index is 10.6. The minimum atomic E-state index is -0.637. The largest absolute Gasteiger partial charge is 0.365 e. The number of nitrogens with two attached hydrogens (primary N) is 1. The van der Waals surface area contributed by atoms with E-state index in [0.717, 1.165) is 0 Å². The van der Waals surface area contributed by atoms with Crippen molar-refractivity contribution in [2.45, 2.75) is 0 Å². The zero-order chi connectivity index (χ0) is 8.43. The Morgan fingerprint density at radius 1 is 1.73 bits per heavy atom. The summed E-state index contributed by atoms with van der Waals surface area (Å²) in [6, 6.07) is 0. The van der Waals surface area contributed by atoms with Gasteiger partial charge in [0.2, 0.25) is 0 Å². The first kappa shape index (κ1) is 8.42. The Balaban J connectivity index is 3.20. The highest BCUT2D eigenvalue weighted by Crippen LogP contribution is 2.13. The number of hydrogen-bond acceptors (Lipinski definition) is 3. The Hall–Kier alpha value is -0.680. The van der Waals surface area contributed by atoms with E-state index in [4.69, 9.17) is 17.3 Å². The van der Waals surface area contributed by atoms with E-state index in [1.807, 2.05) is 0 Å². The molecule has 0 saturated carbocycles. The van der Waals surface area contributed by atoms with Crippen molar-refractivity contribution in [1.82, 2.24) is 9.97 Å². The molecule has 1 aromatic rings. The second kappa shape index (κ2) is 3.15. The second-order valence-corrected chi connectivity index (χ2v) is 2.78. The van der Waals surface area contributed by atoms with Gasteiger partial charge in [-0.05, 0) is 15.9 Å². The summed E-state index contributed by atoms with van der Waals surface area (Å²) < 4.78 is 0.326. The van der Waals surface area contributed by atoms with E-state index in [9.17, 15) is 4.79 Å². The van der Waals surface area contributed by atoms with Gasteiger partial charge in [0.1, 0.15) is 5.15 Å². The molecule has 6 heteroatoms. The SMILES string of the molecule is NC(=O)c1cnc(Br)nc1Cl. The molecule has 58 valence electrons. The number of halogens is 2. The monoisotopic (exact) mass is 235 g/mol. The Kier molecular flexibility index (Phi) is 2.41. The van der Waals surface area contributed by atoms with E-state index in [1.165, 1.54) is 6.20 Å². The maximum atomic E-state index is 10.6. The average molecular weight is 236 g/mol. The molecule has 1 rings (SSSR count). The molecule has 0 bridgehead atoms. The van der Waals surface area contributed by atoms with Crippen LogP contribution in [0.15, 0.2) is 10.9 Å². The van der Waals surface area contributed by atoms with E-state index in [-0.39, 0.29) is 10.7 Å². The molecule has 4 nitrogen and oxygen atoms in total. The third-order valence-electron chi connectivity index (χ3n) is 0.978. The van der Waals surface area contributed by atoms with Crippen LogP contribution in [0, 0.1) is 0 Å². The van der Waals surface area contributed by atoms with Gasteiger partial charge in [-0.25, -0.2) is 9.97 Å². The molecule has 1 aromatic heterocycles.